The van der Waals surface area contributed by atoms with Crippen LogP contribution in [0.4, 0.5) is 0 Å². The van der Waals surface area contributed by atoms with Gasteiger partial charge in [-0.1, -0.05) is 32.6 Å². The third-order valence-corrected chi connectivity index (χ3v) is 6.04. The van der Waals surface area contributed by atoms with Crippen LogP contribution < -0.4 is 0 Å². The van der Waals surface area contributed by atoms with Crippen molar-refractivity contribution in [2.45, 2.75) is 83.7 Å². The van der Waals surface area contributed by atoms with Crippen molar-refractivity contribution in [2.75, 3.05) is 6.61 Å². The van der Waals surface area contributed by atoms with E-state index in [1.807, 2.05) is 0 Å². The van der Waals surface area contributed by atoms with Gasteiger partial charge in [0.1, 0.15) is 0 Å². The molecule has 2 heteroatoms. The van der Waals surface area contributed by atoms with Crippen molar-refractivity contribution < 1.29 is 10.2 Å². The topological polar surface area (TPSA) is 40.5 Å². The van der Waals surface area contributed by atoms with Crippen LogP contribution in [0.25, 0.3) is 0 Å². The minimum absolute atomic E-state index is 0.128. The average molecular weight is 282 g/mol. The molecule has 118 valence electrons. The van der Waals surface area contributed by atoms with Gasteiger partial charge in [-0.15, -0.1) is 0 Å². The number of rotatable bonds is 6. The van der Waals surface area contributed by atoms with E-state index in [0.717, 1.165) is 17.8 Å². The lowest BCUT2D eigenvalue weighted by atomic mass is 9.68. The van der Waals surface area contributed by atoms with E-state index >= 15 is 0 Å². The molecule has 0 radical (unpaired) electrons. The molecule has 2 aliphatic carbocycles. The molecular weight excluding hydrogens is 248 g/mol. The maximum absolute atomic E-state index is 10.0. The molecule has 0 aromatic carbocycles. The van der Waals surface area contributed by atoms with Crippen LogP contribution in [0.3, 0.4) is 0 Å². The Bertz CT molecular complexity index is 250. The van der Waals surface area contributed by atoms with Crippen molar-refractivity contribution in [3.8, 4) is 0 Å². The van der Waals surface area contributed by atoms with Gasteiger partial charge in [-0.3, -0.25) is 0 Å². The Morgan fingerprint density at radius 2 is 1.45 bits per heavy atom. The first-order chi connectivity index (χ1) is 9.74. The van der Waals surface area contributed by atoms with Crippen molar-refractivity contribution in [3.63, 3.8) is 0 Å². The van der Waals surface area contributed by atoms with Gasteiger partial charge < -0.3 is 10.2 Å². The summed E-state index contributed by atoms with van der Waals surface area (Å²) in [4.78, 5) is 0. The highest BCUT2D eigenvalue weighted by Crippen LogP contribution is 2.42. The highest BCUT2D eigenvalue weighted by atomic mass is 16.3. The molecule has 0 aromatic rings. The van der Waals surface area contributed by atoms with Gasteiger partial charge in [0.25, 0.3) is 0 Å². The summed E-state index contributed by atoms with van der Waals surface area (Å²) in [5.74, 6) is 3.36. The number of aliphatic hydroxyl groups excluding tert-OH is 2. The number of aliphatic hydroxyl groups is 2. The summed E-state index contributed by atoms with van der Waals surface area (Å²) < 4.78 is 0. The summed E-state index contributed by atoms with van der Waals surface area (Å²) in [7, 11) is 0. The molecule has 2 aliphatic rings. The molecule has 2 N–H and O–H groups in total. The second-order valence-electron chi connectivity index (χ2n) is 7.32. The quantitative estimate of drug-likeness (QED) is 0.768. The molecule has 0 spiro atoms. The molecule has 0 saturated heterocycles. The second kappa shape index (κ2) is 8.38. The van der Waals surface area contributed by atoms with Gasteiger partial charge in [-0.05, 0) is 68.6 Å². The minimum atomic E-state index is -0.263. The zero-order chi connectivity index (χ0) is 14.4. The monoisotopic (exact) mass is 282 g/mol. The molecular formula is C18H34O2. The van der Waals surface area contributed by atoms with E-state index in [1.54, 1.807) is 0 Å². The van der Waals surface area contributed by atoms with Gasteiger partial charge in [0, 0.05) is 6.61 Å². The lowest BCUT2D eigenvalue weighted by Crippen LogP contribution is -2.30. The summed E-state index contributed by atoms with van der Waals surface area (Å²) >= 11 is 0. The molecule has 2 fully saturated rings. The average Bonchev–Trinajstić information content (AvgIpc) is 2.49. The van der Waals surface area contributed by atoms with Crippen LogP contribution in [0.5, 0.6) is 0 Å². The van der Waals surface area contributed by atoms with Gasteiger partial charge in [-0.2, -0.15) is 0 Å². The van der Waals surface area contributed by atoms with Crippen molar-refractivity contribution in [3.05, 3.63) is 0 Å². The Balaban J connectivity index is 1.69. The largest absolute Gasteiger partial charge is 0.396 e. The highest BCUT2D eigenvalue weighted by Gasteiger charge is 2.32. The Kier molecular flexibility index (Phi) is 6.83. The van der Waals surface area contributed by atoms with Crippen molar-refractivity contribution in [1.29, 1.82) is 0 Å². The van der Waals surface area contributed by atoms with Gasteiger partial charge in [0.15, 0.2) is 0 Å². The van der Waals surface area contributed by atoms with Crippen molar-refractivity contribution in [2.24, 2.45) is 23.7 Å². The molecule has 20 heavy (non-hydrogen) atoms. The Hall–Kier alpha value is -0.0800. The smallest absolute Gasteiger partial charge is 0.0590 e. The van der Waals surface area contributed by atoms with Crippen LogP contribution in [0, 0.1) is 23.7 Å². The van der Waals surface area contributed by atoms with E-state index in [4.69, 9.17) is 5.11 Å². The van der Waals surface area contributed by atoms with Crippen LogP contribution in [0.15, 0.2) is 0 Å². The fourth-order valence-electron chi connectivity index (χ4n) is 4.73. The number of hydrogen-bond donors (Lipinski definition) is 2. The van der Waals surface area contributed by atoms with Gasteiger partial charge in [0.05, 0.1) is 6.10 Å². The molecule has 1 atom stereocenters. The zero-order valence-corrected chi connectivity index (χ0v) is 13.3. The molecule has 2 saturated carbocycles. The fourth-order valence-corrected chi connectivity index (χ4v) is 4.73. The third-order valence-electron chi connectivity index (χ3n) is 6.04. The number of hydrogen-bond acceptors (Lipinski definition) is 2. The maximum Gasteiger partial charge on any atom is 0.0590 e. The lowest BCUT2D eigenvalue weighted by Gasteiger charge is -2.38. The molecule has 0 aliphatic heterocycles. The van der Waals surface area contributed by atoms with Crippen LogP contribution in [0.2, 0.25) is 0 Å². The van der Waals surface area contributed by atoms with E-state index in [0.29, 0.717) is 12.3 Å². The first-order valence-corrected chi connectivity index (χ1v) is 9.03. The molecule has 2 rings (SSSR count). The summed E-state index contributed by atoms with van der Waals surface area (Å²) in [6.45, 7) is 2.44. The lowest BCUT2D eigenvalue weighted by molar-refractivity contribution is 0.0402. The Morgan fingerprint density at radius 3 is 1.95 bits per heavy atom. The van der Waals surface area contributed by atoms with E-state index in [1.165, 1.54) is 64.2 Å². The molecule has 2 nitrogen and oxygen atoms in total. The summed E-state index contributed by atoms with van der Waals surface area (Å²) in [6, 6.07) is 0. The third kappa shape index (κ3) is 4.46. The van der Waals surface area contributed by atoms with Gasteiger partial charge in [0.2, 0.25) is 0 Å². The summed E-state index contributed by atoms with van der Waals surface area (Å²) in [6.07, 6.45) is 13.9. The molecule has 0 heterocycles. The molecule has 0 amide bonds. The van der Waals surface area contributed by atoms with E-state index < -0.39 is 0 Å². The Morgan fingerprint density at radius 1 is 0.900 bits per heavy atom. The standard InChI is InChI=1S/C18H34O2/c1-2-3-14-4-6-15(7-5-14)16-8-10-17(11-9-16)18(20)12-13-19/h14-20H,2-13H2,1H3/t14-,15-,16?,17?,18?. The molecule has 0 bridgehead atoms. The van der Waals surface area contributed by atoms with Gasteiger partial charge in [-0.25, -0.2) is 0 Å². The Labute approximate surface area is 125 Å². The van der Waals surface area contributed by atoms with Crippen LogP contribution in [-0.4, -0.2) is 22.9 Å². The maximum atomic E-state index is 10.0. The SMILES string of the molecule is CCC[C@H]1CC[C@H](C2CCC(C(O)CCO)CC2)CC1. The van der Waals surface area contributed by atoms with E-state index in [2.05, 4.69) is 6.92 Å². The van der Waals surface area contributed by atoms with Crippen LogP contribution >= 0.6 is 0 Å². The first-order valence-electron chi connectivity index (χ1n) is 9.03. The minimum Gasteiger partial charge on any atom is -0.396 e. The van der Waals surface area contributed by atoms with Crippen molar-refractivity contribution >= 4 is 0 Å². The predicted octanol–water partition coefficient (Wildman–Crippen LogP) is 4.14. The molecule has 0 aromatic heterocycles. The molecule has 1 unspecified atom stereocenters. The zero-order valence-electron chi connectivity index (χ0n) is 13.3. The predicted molar refractivity (Wildman–Crippen MR) is 83.5 cm³/mol. The van der Waals surface area contributed by atoms with Crippen LogP contribution in [-0.2, 0) is 0 Å². The summed E-state index contributed by atoms with van der Waals surface area (Å²) in [5, 5.41) is 18.9. The first kappa shape index (κ1) is 16.3. The summed E-state index contributed by atoms with van der Waals surface area (Å²) in [5.41, 5.74) is 0. The van der Waals surface area contributed by atoms with Gasteiger partial charge >= 0.3 is 0 Å². The van der Waals surface area contributed by atoms with E-state index in [9.17, 15) is 5.11 Å². The fraction of sp³-hybridized carbons (Fsp3) is 1.00. The highest BCUT2D eigenvalue weighted by molar-refractivity contribution is 4.83. The van der Waals surface area contributed by atoms with E-state index in [-0.39, 0.29) is 12.7 Å². The second-order valence-corrected chi connectivity index (χ2v) is 7.32. The normalized spacial score (nSPS) is 36.8. The van der Waals surface area contributed by atoms with Crippen LogP contribution in [0.1, 0.15) is 77.6 Å². The van der Waals surface area contributed by atoms with Crippen molar-refractivity contribution in [1.82, 2.24) is 0 Å².